The summed E-state index contributed by atoms with van der Waals surface area (Å²) >= 11 is 0. The molecule has 0 heterocycles. The molecule has 1 N–H and O–H groups in total. The fraction of sp³-hybridized carbons (Fsp3) is 0.571. The molecule has 0 saturated heterocycles. The molecule has 1 aromatic carbocycles. The quantitative estimate of drug-likeness (QED) is 0.660. The first-order chi connectivity index (χ1) is 7.29. The second kappa shape index (κ2) is 6.49. The van der Waals surface area contributed by atoms with E-state index in [4.69, 9.17) is 5.73 Å². The van der Waals surface area contributed by atoms with Crippen molar-refractivity contribution in [3.8, 4) is 0 Å². The SMILES string of the molecule is CCCCc1cccc(CCCC)c1[NH]. The second-order valence-electron chi connectivity index (χ2n) is 4.16. The van der Waals surface area contributed by atoms with Crippen LogP contribution in [0.4, 0.5) is 5.69 Å². The van der Waals surface area contributed by atoms with Crippen LogP contribution in [-0.2, 0) is 12.8 Å². The molecule has 1 nitrogen and oxygen atoms in total. The van der Waals surface area contributed by atoms with Gasteiger partial charge in [-0.25, -0.2) is 0 Å². The maximum absolute atomic E-state index is 8.10. The molecular weight excluding hydrogens is 182 g/mol. The summed E-state index contributed by atoms with van der Waals surface area (Å²) in [6.07, 6.45) is 6.94. The van der Waals surface area contributed by atoms with Crippen LogP contribution in [0.5, 0.6) is 0 Å². The Balaban J connectivity index is 2.71. The van der Waals surface area contributed by atoms with Crippen molar-refractivity contribution in [3.05, 3.63) is 29.3 Å². The van der Waals surface area contributed by atoms with Gasteiger partial charge in [0, 0.05) is 0 Å². The van der Waals surface area contributed by atoms with Gasteiger partial charge in [0.15, 0.2) is 0 Å². The van der Waals surface area contributed by atoms with E-state index in [1.807, 2.05) is 0 Å². The van der Waals surface area contributed by atoms with E-state index < -0.39 is 0 Å². The molecule has 1 radical (unpaired) electrons. The van der Waals surface area contributed by atoms with E-state index in [0.29, 0.717) is 0 Å². The topological polar surface area (TPSA) is 23.8 Å². The summed E-state index contributed by atoms with van der Waals surface area (Å²) in [4.78, 5) is 0. The number of aryl methyl sites for hydroxylation is 2. The zero-order chi connectivity index (χ0) is 11.1. The number of nitrogens with one attached hydrogen (secondary N) is 1. The molecule has 0 aromatic heterocycles. The van der Waals surface area contributed by atoms with Crippen LogP contribution in [0.15, 0.2) is 18.2 Å². The first-order valence-corrected chi connectivity index (χ1v) is 6.12. The van der Waals surface area contributed by atoms with Crippen molar-refractivity contribution >= 4 is 5.69 Å². The van der Waals surface area contributed by atoms with Crippen LogP contribution in [0.3, 0.4) is 0 Å². The fourth-order valence-electron chi connectivity index (χ4n) is 1.80. The van der Waals surface area contributed by atoms with E-state index in [1.54, 1.807) is 0 Å². The van der Waals surface area contributed by atoms with Gasteiger partial charge in [0.05, 0.1) is 5.69 Å². The molecule has 0 aliphatic carbocycles. The summed E-state index contributed by atoms with van der Waals surface area (Å²) in [6.45, 7) is 4.40. The van der Waals surface area contributed by atoms with Crippen LogP contribution in [0.1, 0.15) is 50.7 Å². The lowest BCUT2D eigenvalue weighted by Gasteiger charge is -2.09. The molecule has 1 heteroatoms. The Labute approximate surface area is 93.7 Å². The Hall–Kier alpha value is -0.980. The first kappa shape index (κ1) is 12.1. The normalized spacial score (nSPS) is 10.5. The molecule has 1 rings (SSSR count). The predicted molar refractivity (Wildman–Crippen MR) is 66.4 cm³/mol. The van der Waals surface area contributed by atoms with Gasteiger partial charge in [-0.3, -0.25) is 0 Å². The predicted octanol–water partition coefficient (Wildman–Crippen LogP) is 4.29. The van der Waals surface area contributed by atoms with E-state index in [1.165, 1.54) is 36.8 Å². The second-order valence-corrected chi connectivity index (χ2v) is 4.16. The molecule has 0 aliphatic heterocycles. The van der Waals surface area contributed by atoms with Crippen LogP contribution in [0, 0.1) is 0 Å². The maximum atomic E-state index is 8.10. The third-order valence-electron chi connectivity index (χ3n) is 2.84. The Bertz CT molecular complexity index is 265. The summed E-state index contributed by atoms with van der Waals surface area (Å²) in [5.74, 6) is 0. The fourth-order valence-corrected chi connectivity index (χ4v) is 1.80. The van der Waals surface area contributed by atoms with Crippen LogP contribution in [0.25, 0.3) is 0 Å². The number of unbranched alkanes of at least 4 members (excludes halogenated alkanes) is 2. The molecule has 0 bridgehead atoms. The number of hydrogen-bond donors (Lipinski definition) is 0. The summed E-state index contributed by atoms with van der Waals surface area (Å²) in [7, 11) is 0. The van der Waals surface area contributed by atoms with E-state index in [0.717, 1.165) is 18.5 Å². The highest BCUT2D eigenvalue weighted by Crippen LogP contribution is 2.22. The van der Waals surface area contributed by atoms with Gasteiger partial charge in [-0.2, -0.15) is 0 Å². The van der Waals surface area contributed by atoms with Crippen LogP contribution < -0.4 is 5.73 Å². The lowest BCUT2D eigenvalue weighted by molar-refractivity contribution is 0.780. The maximum Gasteiger partial charge on any atom is 0.0603 e. The molecule has 0 atom stereocenters. The monoisotopic (exact) mass is 204 g/mol. The lowest BCUT2D eigenvalue weighted by atomic mass is 9.99. The number of hydrogen-bond acceptors (Lipinski definition) is 0. The number of rotatable bonds is 6. The van der Waals surface area contributed by atoms with Gasteiger partial charge in [0.2, 0.25) is 0 Å². The Kier molecular flexibility index (Phi) is 5.23. The molecule has 83 valence electrons. The zero-order valence-corrected chi connectivity index (χ0v) is 9.97. The van der Waals surface area contributed by atoms with Crippen molar-refractivity contribution in [1.82, 2.24) is 5.73 Å². The van der Waals surface area contributed by atoms with Gasteiger partial charge < -0.3 is 5.73 Å². The molecule has 0 amide bonds. The summed E-state index contributed by atoms with van der Waals surface area (Å²) in [5.41, 5.74) is 11.3. The first-order valence-electron chi connectivity index (χ1n) is 6.12. The van der Waals surface area contributed by atoms with Gasteiger partial charge in [-0.15, -0.1) is 0 Å². The molecule has 0 saturated carbocycles. The van der Waals surface area contributed by atoms with Crippen LogP contribution in [0.2, 0.25) is 0 Å². The highest BCUT2D eigenvalue weighted by atomic mass is 14.6. The van der Waals surface area contributed by atoms with Crippen LogP contribution in [-0.4, -0.2) is 0 Å². The highest BCUT2D eigenvalue weighted by molar-refractivity contribution is 5.50. The Morgan fingerprint density at radius 2 is 1.40 bits per heavy atom. The zero-order valence-electron chi connectivity index (χ0n) is 9.97. The minimum atomic E-state index is 0.791. The van der Waals surface area contributed by atoms with E-state index in [2.05, 4.69) is 32.0 Å². The molecule has 0 unspecified atom stereocenters. The smallest absolute Gasteiger partial charge is 0.0603 e. The van der Waals surface area contributed by atoms with Crippen molar-refractivity contribution < 1.29 is 0 Å². The van der Waals surface area contributed by atoms with Crippen molar-refractivity contribution in [2.24, 2.45) is 0 Å². The van der Waals surface area contributed by atoms with Crippen molar-refractivity contribution in [2.45, 2.75) is 52.4 Å². The van der Waals surface area contributed by atoms with Gasteiger partial charge in [-0.1, -0.05) is 44.9 Å². The van der Waals surface area contributed by atoms with E-state index in [9.17, 15) is 0 Å². The Morgan fingerprint density at radius 1 is 0.933 bits per heavy atom. The van der Waals surface area contributed by atoms with Crippen LogP contribution >= 0.6 is 0 Å². The van der Waals surface area contributed by atoms with Crippen molar-refractivity contribution in [2.75, 3.05) is 0 Å². The molecule has 1 aromatic rings. The van der Waals surface area contributed by atoms with Crippen molar-refractivity contribution in [1.29, 1.82) is 0 Å². The molecule has 15 heavy (non-hydrogen) atoms. The van der Waals surface area contributed by atoms with Gasteiger partial charge in [0.1, 0.15) is 0 Å². The van der Waals surface area contributed by atoms with Gasteiger partial charge in [-0.05, 0) is 36.8 Å². The molecular formula is C14H22N. The standard InChI is InChI=1S/C14H22N/c1-3-5-8-12-10-7-11-13(14(12)15)9-6-4-2/h7,10-11,15H,3-6,8-9H2,1-2H3. The summed E-state index contributed by atoms with van der Waals surface area (Å²) in [6, 6.07) is 6.31. The summed E-state index contributed by atoms with van der Waals surface area (Å²) < 4.78 is 0. The van der Waals surface area contributed by atoms with E-state index >= 15 is 0 Å². The van der Waals surface area contributed by atoms with Crippen molar-refractivity contribution in [3.63, 3.8) is 0 Å². The minimum Gasteiger partial charge on any atom is -0.300 e. The largest absolute Gasteiger partial charge is 0.300 e. The summed E-state index contributed by atoms with van der Waals surface area (Å²) in [5, 5.41) is 0. The highest BCUT2D eigenvalue weighted by Gasteiger charge is 2.04. The Morgan fingerprint density at radius 3 is 1.80 bits per heavy atom. The molecule has 0 spiro atoms. The average molecular weight is 204 g/mol. The minimum absolute atomic E-state index is 0.791. The average Bonchev–Trinajstić information content (AvgIpc) is 2.26. The van der Waals surface area contributed by atoms with E-state index in [-0.39, 0.29) is 0 Å². The third kappa shape index (κ3) is 3.58. The number of benzene rings is 1. The third-order valence-corrected chi connectivity index (χ3v) is 2.84. The van der Waals surface area contributed by atoms with Gasteiger partial charge >= 0.3 is 0 Å². The lowest BCUT2D eigenvalue weighted by Crippen LogP contribution is -1.93. The molecule has 0 aliphatic rings. The van der Waals surface area contributed by atoms with Gasteiger partial charge in [0.25, 0.3) is 0 Å². The molecule has 0 fully saturated rings.